The third kappa shape index (κ3) is 2.80. The number of ether oxygens (including phenoxy) is 1. The smallest absolute Gasteiger partial charge is 0.310 e. The maximum absolute atomic E-state index is 11.0. The van der Waals surface area contributed by atoms with Gasteiger partial charge in [-0.2, -0.15) is 4.98 Å². The fourth-order valence-electron chi connectivity index (χ4n) is 0.671. The Kier molecular flexibility index (Phi) is 3.35. The summed E-state index contributed by atoms with van der Waals surface area (Å²) in [5, 5.41) is 0.176. The molecule has 1 heterocycles. The molecule has 1 aromatic heterocycles. The average Bonchev–Trinajstić information content (AvgIpc) is 2.11. The molecule has 0 bridgehead atoms. The summed E-state index contributed by atoms with van der Waals surface area (Å²) in [5.41, 5.74) is -0.415. The van der Waals surface area contributed by atoms with Gasteiger partial charge in [0.2, 0.25) is 0 Å². The van der Waals surface area contributed by atoms with Crippen LogP contribution < -0.4 is 10.3 Å². The van der Waals surface area contributed by atoms with Crippen LogP contribution in [-0.4, -0.2) is 16.6 Å². The molecule has 0 unspecified atom stereocenters. The van der Waals surface area contributed by atoms with Crippen molar-refractivity contribution in [3.05, 3.63) is 21.7 Å². The first-order valence-electron chi connectivity index (χ1n) is 3.55. The van der Waals surface area contributed by atoms with E-state index in [0.29, 0.717) is 6.42 Å². The third-order valence-corrected chi connectivity index (χ3v) is 1.40. The standard InChI is InChI=1S/C8H7ClN2O2/c1-2-3-4-13-8-7(12)10-5-6(9)11-8/h1,5H,3-4H2,(H,10,12). The van der Waals surface area contributed by atoms with E-state index in [1.165, 1.54) is 6.20 Å². The average molecular weight is 199 g/mol. The molecule has 0 atom stereocenters. The van der Waals surface area contributed by atoms with Crippen molar-refractivity contribution in [2.75, 3.05) is 6.61 Å². The molecule has 5 heteroatoms. The first-order chi connectivity index (χ1) is 6.24. The Labute approximate surface area is 79.9 Å². The van der Waals surface area contributed by atoms with E-state index in [-0.39, 0.29) is 17.6 Å². The second kappa shape index (κ2) is 4.53. The van der Waals surface area contributed by atoms with Crippen LogP contribution in [-0.2, 0) is 0 Å². The molecule has 0 aliphatic carbocycles. The van der Waals surface area contributed by atoms with Gasteiger partial charge in [0.05, 0.1) is 0 Å². The molecule has 0 fully saturated rings. The van der Waals surface area contributed by atoms with Crippen LogP contribution in [0.1, 0.15) is 6.42 Å². The normalized spacial score (nSPS) is 9.23. The van der Waals surface area contributed by atoms with Crippen LogP contribution in [0.5, 0.6) is 5.88 Å². The minimum Gasteiger partial charge on any atom is -0.473 e. The number of nitrogens with zero attached hydrogens (tertiary/aromatic N) is 1. The Morgan fingerprint density at radius 1 is 1.77 bits per heavy atom. The molecule has 4 nitrogen and oxygen atoms in total. The highest BCUT2D eigenvalue weighted by Gasteiger charge is 2.02. The lowest BCUT2D eigenvalue weighted by molar-refractivity contribution is 0.309. The minimum atomic E-state index is -0.415. The molecular weight excluding hydrogens is 192 g/mol. The van der Waals surface area contributed by atoms with Gasteiger partial charge in [0.25, 0.3) is 5.88 Å². The van der Waals surface area contributed by atoms with E-state index >= 15 is 0 Å². The van der Waals surface area contributed by atoms with E-state index in [9.17, 15) is 4.79 Å². The Morgan fingerprint density at radius 2 is 2.54 bits per heavy atom. The van der Waals surface area contributed by atoms with Crippen LogP contribution in [0.4, 0.5) is 0 Å². The lowest BCUT2D eigenvalue weighted by Gasteiger charge is -2.00. The Hall–Kier alpha value is -1.47. The first kappa shape index (κ1) is 9.62. The minimum absolute atomic E-state index is 0.0530. The van der Waals surface area contributed by atoms with Gasteiger partial charge in [-0.1, -0.05) is 11.6 Å². The molecule has 0 radical (unpaired) electrons. The maximum Gasteiger partial charge on any atom is 0.310 e. The predicted octanol–water partition coefficient (Wildman–Crippen LogP) is 0.825. The summed E-state index contributed by atoms with van der Waals surface area (Å²) in [6, 6.07) is 0. The van der Waals surface area contributed by atoms with Crippen LogP contribution in [0, 0.1) is 12.3 Å². The Bertz CT molecular complexity index is 380. The van der Waals surface area contributed by atoms with Crippen LogP contribution in [0.2, 0.25) is 5.15 Å². The topological polar surface area (TPSA) is 55.0 Å². The van der Waals surface area contributed by atoms with E-state index < -0.39 is 5.56 Å². The number of halogens is 1. The van der Waals surface area contributed by atoms with E-state index in [1.807, 2.05) is 0 Å². The van der Waals surface area contributed by atoms with Crippen molar-refractivity contribution >= 4 is 11.6 Å². The number of hydrogen-bond donors (Lipinski definition) is 1. The molecule has 1 aromatic rings. The van der Waals surface area contributed by atoms with Crippen molar-refractivity contribution in [2.24, 2.45) is 0 Å². The monoisotopic (exact) mass is 198 g/mol. The predicted molar refractivity (Wildman–Crippen MR) is 48.8 cm³/mol. The Balaban J connectivity index is 2.71. The largest absolute Gasteiger partial charge is 0.473 e. The molecule has 1 rings (SSSR count). The molecule has 68 valence electrons. The number of aromatic nitrogens is 2. The third-order valence-electron chi connectivity index (χ3n) is 1.21. The number of terminal acetylenes is 1. The van der Waals surface area contributed by atoms with Gasteiger partial charge in [0.1, 0.15) is 11.8 Å². The zero-order chi connectivity index (χ0) is 9.68. The SMILES string of the molecule is C#CCCOc1nc(Cl)c[nH]c1=O. The second-order valence-electron chi connectivity index (χ2n) is 2.16. The van der Waals surface area contributed by atoms with Crippen molar-refractivity contribution in [2.45, 2.75) is 6.42 Å². The summed E-state index contributed by atoms with van der Waals surface area (Å²) in [4.78, 5) is 17.1. The van der Waals surface area contributed by atoms with Crippen LogP contribution in [0.3, 0.4) is 0 Å². The lowest BCUT2D eigenvalue weighted by Crippen LogP contribution is -2.13. The molecule has 0 aliphatic rings. The van der Waals surface area contributed by atoms with Crippen LogP contribution >= 0.6 is 11.6 Å². The zero-order valence-electron chi connectivity index (χ0n) is 6.71. The summed E-state index contributed by atoms with van der Waals surface area (Å²) in [5.74, 6) is 2.32. The van der Waals surface area contributed by atoms with Gasteiger partial charge in [0, 0.05) is 12.6 Å². The van der Waals surface area contributed by atoms with Gasteiger partial charge < -0.3 is 9.72 Å². The molecule has 0 amide bonds. The van der Waals surface area contributed by atoms with Gasteiger partial charge in [-0.3, -0.25) is 4.79 Å². The molecular formula is C8H7ClN2O2. The van der Waals surface area contributed by atoms with E-state index in [2.05, 4.69) is 15.9 Å². The fourth-order valence-corrected chi connectivity index (χ4v) is 0.803. The summed E-state index contributed by atoms with van der Waals surface area (Å²) in [7, 11) is 0. The molecule has 0 saturated heterocycles. The fraction of sp³-hybridized carbons (Fsp3) is 0.250. The van der Waals surface area contributed by atoms with Crippen LogP contribution in [0.15, 0.2) is 11.0 Å². The molecule has 0 saturated carbocycles. The highest BCUT2D eigenvalue weighted by atomic mass is 35.5. The van der Waals surface area contributed by atoms with Crippen LogP contribution in [0.25, 0.3) is 0 Å². The Morgan fingerprint density at radius 3 is 3.23 bits per heavy atom. The molecule has 13 heavy (non-hydrogen) atoms. The summed E-state index contributed by atoms with van der Waals surface area (Å²) in [6.45, 7) is 0.257. The van der Waals surface area contributed by atoms with Gasteiger partial charge in [-0.15, -0.1) is 12.3 Å². The molecule has 0 spiro atoms. The van der Waals surface area contributed by atoms with Crippen molar-refractivity contribution < 1.29 is 4.74 Å². The van der Waals surface area contributed by atoms with Gasteiger partial charge in [-0.05, 0) is 0 Å². The number of rotatable bonds is 3. The zero-order valence-corrected chi connectivity index (χ0v) is 7.47. The van der Waals surface area contributed by atoms with Gasteiger partial charge >= 0.3 is 5.56 Å². The molecule has 1 N–H and O–H groups in total. The van der Waals surface area contributed by atoms with Crippen molar-refractivity contribution in [3.63, 3.8) is 0 Å². The molecule has 0 aliphatic heterocycles. The lowest BCUT2D eigenvalue weighted by atomic mass is 10.5. The first-order valence-corrected chi connectivity index (χ1v) is 3.93. The summed E-state index contributed by atoms with van der Waals surface area (Å²) >= 11 is 5.53. The molecule has 0 aromatic carbocycles. The van der Waals surface area contributed by atoms with E-state index in [0.717, 1.165) is 0 Å². The van der Waals surface area contributed by atoms with Gasteiger partial charge in [0.15, 0.2) is 0 Å². The van der Waals surface area contributed by atoms with Crippen molar-refractivity contribution in [1.82, 2.24) is 9.97 Å². The van der Waals surface area contributed by atoms with Crippen molar-refractivity contribution in [3.8, 4) is 18.2 Å². The quantitative estimate of drug-likeness (QED) is 0.578. The number of aromatic amines is 1. The number of hydrogen-bond acceptors (Lipinski definition) is 3. The van der Waals surface area contributed by atoms with Gasteiger partial charge in [-0.25, -0.2) is 0 Å². The highest BCUT2D eigenvalue weighted by Crippen LogP contribution is 2.04. The maximum atomic E-state index is 11.0. The summed E-state index contributed by atoms with van der Waals surface area (Å²) < 4.78 is 4.98. The number of H-pyrrole nitrogens is 1. The van der Waals surface area contributed by atoms with Crippen molar-refractivity contribution in [1.29, 1.82) is 0 Å². The summed E-state index contributed by atoms with van der Waals surface area (Å²) in [6.07, 6.45) is 6.71. The highest BCUT2D eigenvalue weighted by molar-refractivity contribution is 6.29. The van der Waals surface area contributed by atoms with E-state index in [1.54, 1.807) is 0 Å². The van der Waals surface area contributed by atoms with E-state index in [4.69, 9.17) is 22.8 Å². The number of nitrogens with one attached hydrogen (secondary N) is 1. The second-order valence-corrected chi connectivity index (χ2v) is 2.55.